The molecule has 2 aliphatic heterocycles. The summed E-state index contributed by atoms with van der Waals surface area (Å²) in [5, 5.41) is 14.0. The van der Waals surface area contributed by atoms with Crippen LogP contribution in [-0.4, -0.2) is 55.0 Å². The molecule has 0 aliphatic carbocycles. The van der Waals surface area contributed by atoms with Gasteiger partial charge >= 0.3 is 6.18 Å². The van der Waals surface area contributed by atoms with Crippen LogP contribution >= 0.6 is 0 Å². The third-order valence-corrected chi connectivity index (χ3v) is 3.91. The molecule has 6 nitrogen and oxygen atoms in total. The van der Waals surface area contributed by atoms with Gasteiger partial charge in [-0.3, -0.25) is 9.59 Å². The van der Waals surface area contributed by atoms with Gasteiger partial charge in [0.15, 0.2) is 0 Å². The molecule has 2 saturated heterocycles. The van der Waals surface area contributed by atoms with Gasteiger partial charge in [-0.25, -0.2) is 0 Å². The van der Waals surface area contributed by atoms with Crippen LogP contribution in [-0.2, 0) is 14.3 Å². The molecule has 22 heavy (non-hydrogen) atoms. The van der Waals surface area contributed by atoms with Gasteiger partial charge in [-0.2, -0.15) is 13.2 Å². The van der Waals surface area contributed by atoms with Crippen LogP contribution in [0.25, 0.3) is 0 Å². The molecule has 2 rings (SSSR count). The number of alkyl halides is 3. The fourth-order valence-electron chi connectivity index (χ4n) is 2.84. The molecule has 0 unspecified atom stereocenters. The van der Waals surface area contributed by atoms with Crippen LogP contribution in [0.4, 0.5) is 13.2 Å². The van der Waals surface area contributed by atoms with E-state index >= 15 is 0 Å². The van der Waals surface area contributed by atoms with Gasteiger partial charge in [-0.05, 0) is 12.8 Å². The third-order valence-electron chi connectivity index (χ3n) is 3.91. The summed E-state index contributed by atoms with van der Waals surface area (Å²) >= 11 is 0. The number of hydrogen-bond donors (Lipinski definition) is 3. The lowest BCUT2D eigenvalue weighted by Gasteiger charge is -2.13. The fraction of sp³-hybridized carbons (Fsp3) is 0.846. The highest BCUT2D eigenvalue weighted by atomic mass is 19.4. The van der Waals surface area contributed by atoms with Crippen molar-refractivity contribution in [1.29, 1.82) is 0 Å². The second-order valence-electron chi connectivity index (χ2n) is 5.82. The average Bonchev–Trinajstić information content (AvgIpc) is 2.92. The zero-order valence-electron chi connectivity index (χ0n) is 11.9. The molecule has 9 heteroatoms. The van der Waals surface area contributed by atoms with E-state index in [1.54, 1.807) is 0 Å². The smallest absolute Gasteiger partial charge is 0.389 e. The first-order chi connectivity index (χ1) is 10.3. The van der Waals surface area contributed by atoms with E-state index in [2.05, 4.69) is 10.6 Å². The summed E-state index contributed by atoms with van der Waals surface area (Å²) in [6, 6.07) is -0.735. The van der Waals surface area contributed by atoms with E-state index in [1.165, 1.54) is 0 Å². The van der Waals surface area contributed by atoms with Gasteiger partial charge in [-0.15, -0.1) is 0 Å². The molecule has 3 N–H and O–H groups in total. The Morgan fingerprint density at radius 2 is 1.64 bits per heavy atom. The van der Waals surface area contributed by atoms with Crippen molar-refractivity contribution in [2.45, 2.75) is 37.5 Å². The molecule has 126 valence electrons. The largest absolute Gasteiger partial charge is 0.394 e. The average molecular weight is 324 g/mol. The van der Waals surface area contributed by atoms with Gasteiger partial charge in [0.25, 0.3) is 0 Å². The summed E-state index contributed by atoms with van der Waals surface area (Å²) in [5.74, 6) is -2.25. The summed E-state index contributed by atoms with van der Waals surface area (Å²) in [6.07, 6.45) is -4.95. The van der Waals surface area contributed by atoms with E-state index in [4.69, 9.17) is 9.84 Å². The zero-order valence-corrected chi connectivity index (χ0v) is 11.9. The second-order valence-corrected chi connectivity index (χ2v) is 5.82. The van der Waals surface area contributed by atoms with Crippen LogP contribution in [0.2, 0.25) is 0 Å². The minimum atomic E-state index is -4.36. The highest BCUT2D eigenvalue weighted by Crippen LogP contribution is 2.30. The number of carbonyl (C=O) groups is 2. The first-order valence-electron chi connectivity index (χ1n) is 7.14. The Morgan fingerprint density at radius 1 is 1.05 bits per heavy atom. The number of aliphatic hydroxyl groups is 1. The lowest BCUT2D eigenvalue weighted by molar-refractivity contribution is -0.151. The van der Waals surface area contributed by atoms with Crippen LogP contribution in [0.3, 0.4) is 0 Å². The Labute approximate surface area is 125 Å². The molecular weight excluding hydrogens is 305 g/mol. The molecule has 0 aromatic carbocycles. The molecule has 0 aromatic heterocycles. The Hall–Kier alpha value is -1.35. The van der Waals surface area contributed by atoms with Crippen molar-refractivity contribution in [1.82, 2.24) is 10.6 Å². The molecule has 0 spiro atoms. The molecule has 0 bridgehead atoms. The Bertz CT molecular complexity index is 430. The third kappa shape index (κ3) is 4.57. The zero-order chi connectivity index (χ0) is 16.3. The van der Waals surface area contributed by atoms with Crippen LogP contribution in [0.1, 0.15) is 19.3 Å². The van der Waals surface area contributed by atoms with Crippen molar-refractivity contribution in [3.05, 3.63) is 0 Å². The van der Waals surface area contributed by atoms with Crippen molar-refractivity contribution in [3.8, 4) is 0 Å². The molecule has 2 fully saturated rings. The molecule has 2 amide bonds. The van der Waals surface area contributed by atoms with E-state index in [0.717, 1.165) is 0 Å². The summed E-state index contributed by atoms with van der Waals surface area (Å²) in [6.45, 7) is 0.0619. The normalized spacial score (nSPS) is 32.2. The lowest BCUT2D eigenvalue weighted by atomic mass is 10.0. The van der Waals surface area contributed by atoms with Crippen LogP contribution in [0, 0.1) is 11.8 Å². The minimum Gasteiger partial charge on any atom is -0.394 e. The molecule has 0 aromatic rings. The maximum atomic E-state index is 12.3. The summed E-state index contributed by atoms with van der Waals surface area (Å²) in [7, 11) is 0. The first-order valence-corrected chi connectivity index (χ1v) is 7.14. The summed E-state index contributed by atoms with van der Waals surface area (Å²) in [5.41, 5.74) is 0. The van der Waals surface area contributed by atoms with E-state index in [1.807, 2.05) is 0 Å². The Balaban J connectivity index is 1.70. The maximum Gasteiger partial charge on any atom is 0.389 e. The van der Waals surface area contributed by atoms with Gasteiger partial charge in [0, 0.05) is 5.92 Å². The van der Waals surface area contributed by atoms with E-state index in [0.29, 0.717) is 6.42 Å². The fourth-order valence-corrected chi connectivity index (χ4v) is 2.84. The van der Waals surface area contributed by atoms with Crippen LogP contribution < -0.4 is 10.6 Å². The number of nitrogens with one attached hydrogen (secondary N) is 2. The second kappa shape index (κ2) is 6.82. The number of hydrogen-bond acceptors (Lipinski definition) is 4. The number of halogens is 3. The topological polar surface area (TPSA) is 87.7 Å². The van der Waals surface area contributed by atoms with E-state index in [-0.39, 0.29) is 44.1 Å². The van der Waals surface area contributed by atoms with Crippen molar-refractivity contribution in [2.24, 2.45) is 11.8 Å². The van der Waals surface area contributed by atoms with Crippen molar-refractivity contribution >= 4 is 11.8 Å². The Morgan fingerprint density at radius 3 is 2.23 bits per heavy atom. The Kier molecular flexibility index (Phi) is 5.28. The van der Waals surface area contributed by atoms with Crippen LogP contribution in [0.5, 0.6) is 0 Å². The number of rotatable bonds is 6. The highest BCUT2D eigenvalue weighted by molar-refractivity contribution is 5.81. The standard InChI is InChI=1S/C13H19F3N2O4/c14-13(15,16)3-7-1-10(18-11(7)20)6-22-5-8-2-9(4-19)17-12(8)21/h7-10,19H,1-6H2,(H,17,21)(H,18,20)/t7-,8-,9-,10-/m0/s1. The monoisotopic (exact) mass is 324 g/mol. The van der Waals surface area contributed by atoms with E-state index in [9.17, 15) is 22.8 Å². The molecule has 2 aliphatic rings. The minimum absolute atomic E-state index is 0.0771. The predicted molar refractivity (Wildman–Crippen MR) is 68.7 cm³/mol. The lowest BCUT2D eigenvalue weighted by Crippen LogP contribution is -2.32. The van der Waals surface area contributed by atoms with Gasteiger partial charge in [0.2, 0.25) is 11.8 Å². The summed E-state index contributed by atoms with van der Waals surface area (Å²) < 4.78 is 42.3. The molecular formula is C13H19F3N2O4. The highest BCUT2D eigenvalue weighted by Gasteiger charge is 2.41. The first kappa shape index (κ1) is 17.0. The van der Waals surface area contributed by atoms with E-state index < -0.39 is 30.5 Å². The van der Waals surface area contributed by atoms with Gasteiger partial charge < -0.3 is 20.5 Å². The molecule has 4 atom stereocenters. The summed E-state index contributed by atoms with van der Waals surface area (Å²) in [4.78, 5) is 23.0. The molecule has 0 radical (unpaired) electrons. The van der Waals surface area contributed by atoms with Crippen LogP contribution in [0.15, 0.2) is 0 Å². The number of amides is 2. The SMILES string of the molecule is O=C1N[C@H](CO)C[C@H]1COC[C@@H]1C[C@@H](CC(F)(F)F)C(=O)N1. The van der Waals surface area contributed by atoms with Gasteiger partial charge in [0.1, 0.15) is 0 Å². The van der Waals surface area contributed by atoms with Crippen molar-refractivity contribution < 1.29 is 32.6 Å². The quantitative estimate of drug-likeness (QED) is 0.640. The van der Waals surface area contributed by atoms with Gasteiger partial charge in [0.05, 0.1) is 44.2 Å². The maximum absolute atomic E-state index is 12.3. The molecule has 2 heterocycles. The van der Waals surface area contributed by atoms with Crippen molar-refractivity contribution in [3.63, 3.8) is 0 Å². The van der Waals surface area contributed by atoms with Crippen molar-refractivity contribution in [2.75, 3.05) is 19.8 Å². The molecule has 0 saturated carbocycles. The number of ether oxygens (including phenoxy) is 1. The predicted octanol–water partition coefficient (Wildman–Crippen LogP) is -0.0429. The van der Waals surface area contributed by atoms with Gasteiger partial charge in [-0.1, -0.05) is 0 Å². The number of aliphatic hydroxyl groups excluding tert-OH is 1. The number of carbonyl (C=O) groups excluding carboxylic acids is 2.